The Morgan fingerprint density at radius 1 is 0.362 bits per heavy atom. The summed E-state index contributed by atoms with van der Waals surface area (Å²) in [7, 11) is 0. The minimum atomic E-state index is -1.10. The Hall–Kier alpha value is -6.18. The Labute approximate surface area is 311 Å². The lowest BCUT2D eigenvalue weighted by molar-refractivity contribution is 0.673. The van der Waals surface area contributed by atoms with Crippen molar-refractivity contribution in [2.24, 2.45) is 0 Å². The van der Waals surface area contributed by atoms with Gasteiger partial charge in [-0.2, -0.15) is 0 Å². The fourth-order valence-electron chi connectivity index (χ4n) is 5.87. The maximum atomic E-state index is 9.89. The zero-order valence-electron chi connectivity index (χ0n) is 51.4. The van der Waals surface area contributed by atoms with Gasteiger partial charge in [0.05, 0.1) is 38.4 Å². The molecule has 9 aromatic carbocycles. The van der Waals surface area contributed by atoms with Gasteiger partial charge in [-0.1, -0.05) is 151 Å². The van der Waals surface area contributed by atoms with Crippen LogP contribution in [0.15, 0.2) is 174 Å². The van der Waals surface area contributed by atoms with Gasteiger partial charge in [0, 0.05) is 16.2 Å². The summed E-state index contributed by atoms with van der Waals surface area (Å²) in [6.45, 7) is 0. The molecule has 0 aliphatic heterocycles. The molecule has 0 spiro atoms. The average molecular weight is 625 g/mol. The molecule has 1 heteroatoms. The van der Waals surface area contributed by atoms with E-state index in [0.29, 0.717) is 0 Å². The van der Waals surface area contributed by atoms with Crippen LogP contribution in [0.4, 0.5) is 0 Å². The molecule has 0 aliphatic carbocycles. The molecule has 0 radical (unpaired) electrons. The normalized spacial score (nSPS) is 20.2. The van der Waals surface area contributed by atoms with Crippen molar-refractivity contribution in [1.29, 1.82) is 0 Å². The fraction of sp³-hybridized carbons (Fsp3) is 0. The lowest BCUT2D eigenvalue weighted by Crippen LogP contribution is -1.91. The zero-order chi connectivity index (χ0) is 55.3. The van der Waals surface area contributed by atoms with Crippen LogP contribution in [0, 0.1) is 0 Å². The third kappa shape index (κ3) is 3.90. The highest BCUT2D eigenvalue weighted by atomic mass is 16.3. The van der Waals surface area contributed by atoms with Gasteiger partial charge < -0.3 is 4.42 Å². The van der Waals surface area contributed by atoms with Crippen molar-refractivity contribution in [3.05, 3.63) is 169 Å². The Kier molecular flexibility index (Phi) is 2.31. The highest BCUT2D eigenvalue weighted by Gasteiger charge is 2.21. The predicted molar refractivity (Wildman–Crippen MR) is 200 cm³/mol. The van der Waals surface area contributed by atoms with Crippen LogP contribution in [0.1, 0.15) is 38.4 Å². The van der Waals surface area contributed by atoms with Crippen molar-refractivity contribution in [3.63, 3.8) is 0 Å². The van der Waals surface area contributed by atoms with Crippen molar-refractivity contribution in [3.8, 4) is 33.4 Å². The van der Waals surface area contributed by atoms with E-state index in [2.05, 4.69) is 0 Å². The van der Waals surface area contributed by atoms with Gasteiger partial charge in [0.25, 0.3) is 0 Å². The molecule has 0 fully saturated rings. The lowest BCUT2D eigenvalue weighted by atomic mass is 9.84. The molecule has 218 valence electrons. The second-order valence-corrected chi connectivity index (χ2v) is 10.3. The van der Waals surface area contributed by atoms with Crippen LogP contribution in [0.25, 0.3) is 98.4 Å². The summed E-state index contributed by atoms with van der Waals surface area (Å²) in [5.74, 6) is 0. The quantitative estimate of drug-likeness (QED) is 0.178. The molecule has 10 aromatic rings. The molecule has 0 bridgehead atoms. The van der Waals surface area contributed by atoms with E-state index in [1.165, 1.54) is 0 Å². The number of hydrogen-bond acceptors (Lipinski definition) is 1. The largest absolute Gasteiger partial charge is 0.455 e. The number of fused-ring (bicyclic) bond motifs is 8. The third-order valence-electron chi connectivity index (χ3n) is 7.81. The average Bonchev–Trinajstić information content (AvgIpc) is 3.77. The van der Waals surface area contributed by atoms with Crippen LogP contribution >= 0.6 is 0 Å². The molecule has 1 nitrogen and oxygen atoms in total. The topological polar surface area (TPSA) is 13.1 Å². The molecule has 0 atom stereocenters. The standard InChI is InChI=1S/C46H28O/c1-3-17-33-29(12-1)14-10-23-34(33)31-15-9-16-32(28-31)43-36-19-5-7-21-38(36)44(39-22-8-6-20-37(39)43)40-24-11-25-42-45(40)41-27-26-30-13-2-4-18-35(30)46(41)47-42/h1-28H/i1D,2D,3D,4D,5D,6D,7D,8D,9D,10D,11D,12D,13D,14D,15D,16D,17D,18D,19D,20D,21D,22D,23D,24D,25D,26D,27D,28D. The van der Waals surface area contributed by atoms with E-state index in [4.69, 9.17) is 31.8 Å². The minimum Gasteiger partial charge on any atom is -0.455 e. The van der Waals surface area contributed by atoms with Gasteiger partial charge in [-0.15, -0.1) is 0 Å². The van der Waals surface area contributed by atoms with Gasteiger partial charge in [0.2, 0.25) is 0 Å². The summed E-state index contributed by atoms with van der Waals surface area (Å²) < 4.78 is 259. The molecule has 0 amide bonds. The van der Waals surface area contributed by atoms with Crippen molar-refractivity contribution in [1.82, 2.24) is 0 Å². The van der Waals surface area contributed by atoms with Gasteiger partial charge in [-0.25, -0.2) is 0 Å². The number of rotatable bonds is 3. The van der Waals surface area contributed by atoms with E-state index in [1.807, 2.05) is 0 Å². The maximum absolute atomic E-state index is 9.89. The van der Waals surface area contributed by atoms with Crippen LogP contribution in [0.3, 0.4) is 0 Å². The Morgan fingerprint density at radius 2 is 0.894 bits per heavy atom. The van der Waals surface area contributed by atoms with Gasteiger partial charge in [-0.3, -0.25) is 0 Å². The first kappa shape index (κ1) is 10.7. The second kappa shape index (κ2) is 10.2. The minimum absolute atomic E-state index is 0.467. The summed E-state index contributed by atoms with van der Waals surface area (Å²) in [4.78, 5) is 0. The summed E-state index contributed by atoms with van der Waals surface area (Å²) >= 11 is 0. The van der Waals surface area contributed by atoms with Crippen LogP contribution in [0.2, 0.25) is 0 Å². The SMILES string of the molecule is [2H]c1c([2H])c(-c2c([2H])c([2H])c([2H])c3c([2H])c([2H])c([2H])c([2H])c23)c([2H])c(-c2c3c([2H])c([2H])c([2H])c([2H])c3c(-c3c([2H])c([2H])c([2H])c4oc5c6c([2H])c([2H])c([2H])c([2H])c6c([2H])c([2H])c5c34)c3c([2H])c([2H])c([2H])c([2H])c23)c1[2H]. The molecule has 1 aromatic heterocycles. The predicted octanol–water partition coefficient (Wildman–Crippen LogP) is 13.2. The maximum Gasteiger partial charge on any atom is 0.143 e. The molecule has 0 N–H and O–H groups in total. The van der Waals surface area contributed by atoms with Crippen molar-refractivity contribution in [2.45, 2.75) is 0 Å². The third-order valence-corrected chi connectivity index (χ3v) is 7.81. The number of benzene rings is 9. The molecule has 1 heterocycles. The van der Waals surface area contributed by atoms with Gasteiger partial charge in [0.15, 0.2) is 0 Å². The summed E-state index contributed by atoms with van der Waals surface area (Å²) in [5, 5.41) is -6.38. The van der Waals surface area contributed by atoms with E-state index < -0.39 is 268 Å². The smallest absolute Gasteiger partial charge is 0.143 e. The summed E-state index contributed by atoms with van der Waals surface area (Å²) in [5.41, 5.74) is -5.96. The number of furan rings is 1. The van der Waals surface area contributed by atoms with E-state index in [0.717, 1.165) is 0 Å². The van der Waals surface area contributed by atoms with Gasteiger partial charge >= 0.3 is 0 Å². The lowest BCUT2D eigenvalue weighted by Gasteiger charge is -2.19. The molecule has 47 heavy (non-hydrogen) atoms. The number of hydrogen-bond donors (Lipinski definition) is 0. The first-order valence-electron chi connectivity index (χ1n) is 27.9. The Bertz CT molecular complexity index is 4350. The Morgan fingerprint density at radius 3 is 1.64 bits per heavy atom. The molecule has 0 aliphatic rings. The molecule has 0 saturated carbocycles. The second-order valence-electron chi connectivity index (χ2n) is 10.3. The van der Waals surface area contributed by atoms with Crippen LogP contribution in [-0.2, 0) is 0 Å². The highest BCUT2D eigenvalue weighted by Crippen LogP contribution is 2.48. The zero-order valence-corrected chi connectivity index (χ0v) is 23.4. The van der Waals surface area contributed by atoms with E-state index in [1.54, 1.807) is 0 Å². The summed E-state index contributed by atoms with van der Waals surface area (Å²) in [6.07, 6.45) is 0. The van der Waals surface area contributed by atoms with E-state index >= 15 is 0 Å². The van der Waals surface area contributed by atoms with Crippen LogP contribution in [0.5, 0.6) is 0 Å². The van der Waals surface area contributed by atoms with E-state index in [-0.39, 0.29) is 0 Å². The van der Waals surface area contributed by atoms with Crippen LogP contribution < -0.4 is 0 Å². The molecular formula is C46H28O. The van der Waals surface area contributed by atoms with Crippen molar-refractivity contribution >= 4 is 65.0 Å². The molecule has 10 rings (SSSR count). The monoisotopic (exact) mass is 624 g/mol. The van der Waals surface area contributed by atoms with Crippen molar-refractivity contribution < 1.29 is 42.8 Å². The first-order chi connectivity index (χ1) is 35.0. The van der Waals surface area contributed by atoms with Crippen LogP contribution in [-0.4, -0.2) is 0 Å². The first-order valence-corrected chi connectivity index (χ1v) is 13.9. The van der Waals surface area contributed by atoms with Gasteiger partial charge in [-0.05, 0) is 89.2 Å². The highest BCUT2D eigenvalue weighted by molar-refractivity contribution is 6.27. The fourth-order valence-corrected chi connectivity index (χ4v) is 5.87. The van der Waals surface area contributed by atoms with Gasteiger partial charge in [0.1, 0.15) is 11.2 Å². The molecule has 0 unspecified atom stereocenters. The van der Waals surface area contributed by atoms with Crippen molar-refractivity contribution in [2.75, 3.05) is 0 Å². The molecule has 0 saturated heterocycles. The Balaban J connectivity index is 1.54. The van der Waals surface area contributed by atoms with E-state index in [9.17, 15) is 11.0 Å². The summed E-state index contributed by atoms with van der Waals surface area (Å²) in [6, 6.07) is -26.3. The molecular weight excluding hydrogens is 569 g/mol.